The van der Waals surface area contributed by atoms with Crippen LogP contribution < -0.4 is 14.2 Å². The number of hydrogen-bond acceptors (Lipinski definition) is 11. The van der Waals surface area contributed by atoms with Crippen LogP contribution in [0.3, 0.4) is 0 Å². The second-order valence-electron chi connectivity index (χ2n) is 20.4. The Hall–Kier alpha value is -4.04. The number of allylic oxidation sites excluding steroid dienone is 1. The molecule has 1 N–H and O–H groups in total. The van der Waals surface area contributed by atoms with Gasteiger partial charge in [-0.25, -0.2) is 13.4 Å². The van der Waals surface area contributed by atoms with Crippen molar-refractivity contribution in [3.8, 4) is 11.6 Å². The summed E-state index contributed by atoms with van der Waals surface area (Å²) in [6.45, 7) is 7.45. The zero-order valence-corrected chi connectivity index (χ0v) is 38.0. The van der Waals surface area contributed by atoms with Gasteiger partial charge < -0.3 is 24.0 Å². The largest absolute Gasteiger partial charge is 0.488 e. The Morgan fingerprint density at radius 2 is 1.71 bits per heavy atom. The van der Waals surface area contributed by atoms with Gasteiger partial charge in [0.1, 0.15) is 24.1 Å². The molecule has 6 fully saturated rings. The predicted molar refractivity (Wildman–Crippen MR) is 237 cm³/mol. The molecule has 4 saturated carbocycles. The third-order valence-electron chi connectivity index (χ3n) is 15.7. The standard InChI is InChI=1S/C49H66N4O9S/c1-4-33-27-49(33,47(57)51-63(58,59)48(2)21-22-48)28-41(54)40-25-35-30-53(40)46(56)38(31-14-7-5-8-15-31)26-43(55)62-42-24-32(42)16-9-6-10-19-37-44(60-34-17-13-23-52(3)29-34)36-18-11-12-20-39(36)50-45(37)61-35/h4,11-12,18,20,31-35,38,40,42H,1,5-10,13-17,19,21-30H2,2-3H3,(H,51,57)/t32-,33-,34?,35-,38+,40+,42-,49?/m1/s1. The first-order valence-corrected chi connectivity index (χ1v) is 25.4. The van der Waals surface area contributed by atoms with Crippen molar-refractivity contribution in [3.05, 3.63) is 42.5 Å². The van der Waals surface area contributed by atoms with Gasteiger partial charge in [0.25, 0.3) is 0 Å². The van der Waals surface area contributed by atoms with E-state index < -0.39 is 50.1 Å². The maximum Gasteiger partial charge on any atom is 0.306 e. The summed E-state index contributed by atoms with van der Waals surface area (Å²) in [5, 5.41) is 0.923. The molecule has 3 aliphatic heterocycles. The van der Waals surface area contributed by atoms with Crippen LogP contribution in [-0.2, 0) is 40.4 Å². The fourth-order valence-electron chi connectivity index (χ4n) is 11.2. The van der Waals surface area contributed by atoms with Gasteiger partial charge in [-0.3, -0.25) is 23.9 Å². The predicted octanol–water partition coefficient (Wildman–Crippen LogP) is 6.84. The molecular formula is C49H66N4O9S. The molecule has 9 rings (SSSR count). The van der Waals surface area contributed by atoms with Crippen LogP contribution in [-0.4, -0.2) is 103 Å². The van der Waals surface area contributed by atoms with E-state index in [1.165, 1.54) is 0 Å². The van der Waals surface area contributed by atoms with Crippen LogP contribution >= 0.6 is 0 Å². The third kappa shape index (κ3) is 9.27. The minimum Gasteiger partial charge on any atom is -0.488 e. The lowest BCUT2D eigenvalue weighted by molar-refractivity contribution is -0.153. The van der Waals surface area contributed by atoms with E-state index in [-0.39, 0.29) is 68.0 Å². The molecule has 13 nitrogen and oxygen atoms in total. The number of nitrogens with one attached hydrogen (secondary N) is 1. The quantitative estimate of drug-likeness (QED) is 0.197. The Balaban J connectivity index is 1.07. The summed E-state index contributed by atoms with van der Waals surface area (Å²) in [5.41, 5.74) is 0.331. The minimum absolute atomic E-state index is 0.00649. The summed E-state index contributed by atoms with van der Waals surface area (Å²) in [4.78, 5) is 66.8. The number of piperidine rings is 1. The minimum atomic E-state index is -3.96. The number of para-hydroxylation sites is 1. The Morgan fingerprint density at radius 3 is 2.44 bits per heavy atom. The molecule has 1 aromatic carbocycles. The van der Waals surface area contributed by atoms with E-state index in [9.17, 15) is 22.8 Å². The molecule has 2 unspecified atom stereocenters. The second-order valence-corrected chi connectivity index (χ2v) is 22.6. The van der Waals surface area contributed by atoms with Crippen LogP contribution in [0, 0.1) is 29.1 Å². The van der Waals surface area contributed by atoms with Gasteiger partial charge in [0.15, 0.2) is 5.78 Å². The van der Waals surface area contributed by atoms with Crippen molar-refractivity contribution in [2.45, 2.75) is 158 Å². The number of Topliss-reactive ketones (excluding diaryl/α,β-unsaturated/α-hetero) is 1. The number of aromatic nitrogens is 1. The number of pyridine rings is 1. The number of rotatable bonds is 10. The molecule has 4 heterocycles. The Labute approximate surface area is 372 Å². The Morgan fingerprint density at radius 1 is 0.968 bits per heavy atom. The Kier molecular flexibility index (Phi) is 12.4. The number of esters is 1. The maximum atomic E-state index is 15.2. The van der Waals surface area contributed by atoms with Crippen LogP contribution in [0.25, 0.3) is 10.9 Å². The summed E-state index contributed by atoms with van der Waals surface area (Å²) in [5.74, 6) is -1.24. The van der Waals surface area contributed by atoms with Gasteiger partial charge in [-0.2, -0.15) is 0 Å². The van der Waals surface area contributed by atoms with Crippen LogP contribution in [0.15, 0.2) is 36.9 Å². The van der Waals surface area contributed by atoms with Crippen molar-refractivity contribution in [2.24, 2.45) is 29.1 Å². The fraction of sp³-hybridized carbons (Fsp3) is 0.694. The number of likely N-dealkylation sites (tertiary alicyclic amines) is 1. The summed E-state index contributed by atoms with van der Waals surface area (Å²) < 4.78 is 47.8. The van der Waals surface area contributed by atoms with E-state index in [0.717, 1.165) is 112 Å². The molecule has 2 amide bonds. The number of nitrogens with zero attached hydrogens (tertiary/aromatic N) is 3. The molecule has 0 radical (unpaired) electrons. The average molecular weight is 887 g/mol. The highest BCUT2D eigenvalue weighted by atomic mass is 32.2. The molecule has 1 aromatic heterocycles. The van der Waals surface area contributed by atoms with Crippen molar-refractivity contribution in [2.75, 3.05) is 26.7 Å². The molecule has 7 aliphatic rings. The van der Waals surface area contributed by atoms with E-state index in [4.69, 9.17) is 19.2 Å². The van der Waals surface area contributed by atoms with E-state index >= 15 is 4.79 Å². The molecule has 63 heavy (non-hydrogen) atoms. The van der Waals surface area contributed by atoms with Gasteiger partial charge in [0.05, 0.1) is 46.2 Å². The van der Waals surface area contributed by atoms with Crippen molar-refractivity contribution >= 4 is 44.5 Å². The highest BCUT2D eigenvalue weighted by molar-refractivity contribution is 7.91. The normalized spacial score (nSPS) is 32.8. The van der Waals surface area contributed by atoms with Gasteiger partial charge in [-0.1, -0.05) is 50.3 Å². The van der Waals surface area contributed by atoms with Gasteiger partial charge in [0.2, 0.25) is 27.7 Å². The summed E-state index contributed by atoms with van der Waals surface area (Å²) >= 11 is 0. The number of amides is 2. The van der Waals surface area contributed by atoms with Crippen molar-refractivity contribution < 1.29 is 41.8 Å². The van der Waals surface area contributed by atoms with Crippen LogP contribution in [0.1, 0.15) is 128 Å². The van der Waals surface area contributed by atoms with Crippen LogP contribution in [0.2, 0.25) is 0 Å². The van der Waals surface area contributed by atoms with Crippen molar-refractivity contribution in [1.82, 2.24) is 19.5 Å². The number of likely N-dealkylation sites (N-methyl/N-ethyl adjacent to an activating group) is 1. The molecule has 342 valence electrons. The molecule has 2 bridgehead atoms. The van der Waals surface area contributed by atoms with E-state index in [1.807, 2.05) is 18.2 Å². The molecule has 0 spiro atoms. The molecular weight excluding hydrogens is 821 g/mol. The smallest absolute Gasteiger partial charge is 0.306 e. The lowest BCUT2D eigenvalue weighted by atomic mass is 9.77. The summed E-state index contributed by atoms with van der Waals surface area (Å²) in [7, 11) is -1.84. The van der Waals surface area contributed by atoms with Crippen LogP contribution in [0.5, 0.6) is 11.6 Å². The second kappa shape index (κ2) is 17.7. The summed E-state index contributed by atoms with van der Waals surface area (Å²) in [6.07, 6.45) is 13.8. The van der Waals surface area contributed by atoms with Gasteiger partial charge >= 0.3 is 5.97 Å². The molecule has 4 aliphatic carbocycles. The number of sulfonamides is 1. The van der Waals surface area contributed by atoms with Gasteiger partial charge in [-0.05, 0) is 121 Å². The number of ketones is 1. The van der Waals surface area contributed by atoms with Crippen LogP contribution in [0.4, 0.5) is 0 Å². The number of hydrogen-bond donors (Lipinski definition) is 1. The Bertz CT molecular complexity index is 2220. The maximum absolute atomic E-state index is 15.2. The molecule has 14 heteroatoms. The lowest BCUT2D eigenvalue weighted by Gasteiger charge is -2.34. The molecule has 2 saturated heterocycles. The number of fused-ring (bicyclic) bond motifs is 5. The molecule has 8 atom stereocenters. The third-order valence-corrected chi connectivity index (χ3v) is 17.9. The van der Waals surface area contributed by atoms with Gasteiger partial charge in [0, 0.05) is 24.8 Å². The average Bonchev–Trinajstić information content (AvgIpc) is 4.23. The van der Waals surface area contributed by atoms with E-state index in [1.54, 1.807) is 17.9 Å². The number of carbonyl (C=O) groups is 4. The highest BCUT2D eigenvalue weighted by Crippen LogP contribution is 2.57. The van der Waals surface area contributed by atoms with Gasteiger partial charge in [-0.15, -0.1) is 6.58 Å². The number of benzene rings is 1. The summed E-state index contributed by atoms with van der Waals surface area (Å²) in [6, 6.07) is 6.99. The zero-order chi connectivity index (χ0) is 44.1. The first-order valence-electron chi connectivity index (χ1n) is 23.9. The highest BCUT2D eigenvalue weighted by Gasteiger charge is 2.62. The van der Waals surface area contributed by atoms with E-state index in [0.29, 0.717) is 31.1 Å². The topological polar surface area (TPSA) is 162 Å². The fourth-order valence-corrected chi connectivity index (χ4v) is 12.5. The lowest BCUT2D eigenvalue weighted by Crippen LogP contribution is -2.48. The zero-order valence-electron chi connectivity index (χ0n) is 37.2. The number of ether oxygens (including phenoxy) is 3. The number of carbonyl (C=O) groups excluding carboxylic acids is 4. The SMILES string of the molecule is C=C[C@@H]1CC1(CC(=O)[C@@H]1C[C@@H]2CN1C(=O)[C@H](C1CCCCC1)CC(=O)O[C@@H]1C[C@H]1CCCCCc1c(nc3ccccc3c1OC1CCCN(C)C1)O2)C(=O)NS(=O)(=O)C1(C)CC1. The van der Waals surface area contributed by atoms with Crippen molar-refractivity contribution in [1.29, 1.82) is 0 Å². The first-order chi connectivity index (χ1) is 30.3. The van der Waals surface area contributed by atoms with Crippen molar-refractivity contribution in [3.63, 3.8) is 0 Å². The molecule has 2 aromatic rings. The monoisotopic (exact) mass is 886 g/mol. The van der Waals surface area contributed by atoms with E-state index in [2.05, 4.69) is 29.3 Å². The first kappa shape index (κ1) is 44.2.